The van der Waals surface area contributed by atoms with Gasteiger partial charge in [-0.1, -0.05) is 0 Å². The van der Waals surface area contributed by atoms with E-state index in [0.29, 0.717) is 16.4 Å². The predicted molar refractivity (Wildman–Crippen MR) is 63.0 cm³/mol. The van der Waals surface area contributed by atoms with Gasteiger partial charge in [-0.3, -0.25) is 9.89 Å². The first kappa shape index (κ1) is 10.2. The fourth-order valence-corrected chi connectivity index (χ4v) is 2.29. The Labute approximate surface area is 97.8 Å². The minimum Gasteiger partial charge on any atom is -0.394 e. The fraction of sp³-hybridized carbons (Fsp3) is 0. The van der Waals surface area contributed by atoms with Gasteiger partial charge in [0.15, 0.2) is 5.82 Å². The van der Waals surface area contributed by atoms with Crippen LogP contribution in [0.25, 0.3) is 0 Å². The van der Waals surface area contributed by atoms with Gasteiger partial charge in [-0.05, 0) is 28.1 Å². The normalized spacial score (nSPS) is 10.2. The van der Waals surface area contributed by atoms with Gasteiger partial charge in [0.1, 0.15) is 0 Å². The molecule has 2 aromatic heterocycles. The van der Waals surface area contributed by atoms with Gasteiger partial charge in [0, 0.05) is 0 Å². The van der Waals surface area contributed by atoms with Crippen LogP contribution in [0.4, 0.5) is 11.5 Å². The van der Waals surface area contributed by atoms with E-state index in [2.05, 4.69) is 31.4 Å². The predicted octanol–water partition coefficient (Wildman–Crippen LogP) is 2.07. The lowest BCUT2D eigenvalue weighted by molar-refractivity contribution is 0.103. The third-order valence-electron chi connectivity index (χ3n) is 1.70. The molecule has 1 amide bonds. The highest BCUT2D eigenvalue weighted by Crippen LogP contribution is 2.23. The van der Waals surface area contributed by atoms with E-state index >= 15 is 0 Å². The number of nitrogens with zero attached hydrogens (tertiary/aromatic N) is 1. The lowest BCUT2D eigenvalue weighted by Gasteiger charge is -2.00. The van der Waals surface area contributed by atoms with Crippen LogP contribution < -0.4 is 11.1 Å². The number of rotatable bonds is 2. The molecular weight excluding hydrogens is 280 g/mol. The lowest BCUT2D eigenvalue weighted by atomic mass is 10.4. The summed E-state index contributed by atoms with van der Waals surface area (Å²) in [6.45, 7) is 0. The van der Waals surface area contributed by atoms with Crippen LogP contribution >= 0.6 is 27.3 Å². The van der Waals surface area contributed by atoms with Crippen molar-refractivity contribution in [1.29, 1.82) is 0 Å². The summed E-state index contributed by atoms with van der Waals surface area (Å²) in [6, 6.07) is 3.55. The second kappa shape index (κ2) is 4.03. The molecule has 0 radical (unpaired) electrons. The molecule has 0 saturated heterocycles. The topological polar surface area (TPSA) is 83.8 Å². The maximum absolute atomic E-state index is 11.7. The molecule has 78 valence electrons. The Morgan fingerprint density at radius 1 is 1.60 bits per heavy atom. The third kappa shape index (κ3) is 2.18. The number of aromatic amines is 1. The van der Waals surface area contributed by atoms with E-state index in [-0.39, 0.29) is 5.91 Å². The van der Waals surface area contributed by atoms with Crippen molar-refractivity contribution in [1.82, 2.24) is 10.2 Å². The standard InChI is InChI=1S/C8H7BrN4OS/c9-6-2-1-5(15-6)8(14)12-7-4(10)3-11-13-7/h1-3H,10H2,(H2,11,12,13,14). The number of anilines is 2. The van der Waals surface area contributed by atoms with E-state index in [4.69, 9.17) is 5.73 Å². The van der Waals surface area contributed by atoms with E-state index in [1.54, 1.807) is 6.07 Å². The van der Waals surface area contributed by atoms with Crippen molar-refractivity contribution in [2.75, 3.05) is 11.1 Å². The lowest BCUT2D eigenvalue weighted by Crippen LogP contribution is -2.11. The van der Waals surface area contributed by atoms with E-state index in [1.807, 2.05) is 6.07 Å². The SMILES string of the molecule is Nc1cn[nH]c1NC(=O)c1ccc(Br)s1. The number of thiophene rings is 1. The number of aromatic nitrogens is 2. The summed E-state index contributed by atoms with van der Waals surface area (Å²) >= 11 is 4.64. The Kier molecular flexibility index (Phi) is 2.74. The quantitative estimate of drug-likeness (QED) is 0.790. The number of nitrogens with two attached hydrogens (primary N) is 1. The monoisotopic (exact) mass is 286 g/mol. The molecule has 0 bridgehead atoms. The molecule has 0 saturated carbocycles. The molecule has 15 heavy (non-hydrogen) atoms. The molecular formula is C8H7BrN4OS. The molecule has 2 aromatic rings. The molecule has 0 aromatic carbocycles. The average Bonchev–Trinajstić information content (AvgIpc) is 2.77. The Hall–Kier alpha value is -1.34. The van der Waals surface area contributed by atoms with E-state index in [9.17, 15) is 4.79 Å². The zero-order valence-electron chi connectivity index (χ0n) is 7.45. The molecule has 7 heteroatoms. The average molecular weight is 287 g/mol. The van der Waals surface area contributed by atoms with Crippen molar-refractivity contribution in [3.8, 4) is 0 Å². The van der Waals surface area contributed by atoms with E-state index in [1.165, 1.54) is 17.5 Å². The van der Waals surface area contributed by atoms with Crippen LogP contribution in [0.15, 0.2) is 22.1 Å². The zero-order valence-corrected chi connectivity index (χ0v) is 9.85. The van der Waals surface area contributed by atoms with Crippen LogP contribution in [0.1, 0.15) is 9.67 Å². The van der Waals surface area contributed by atoms with Crippen molar-refractivity contribution in [2.45, 2.75) is 0 Å². The van der Waals surface area contributed by atoms with Crippen molar-refractivity contribution < 1.29 is 4.79 Å². The molecule has 0 aliphatic heterocycles. The summed E-state index contributed by atoms with van der Waals surface area (Å²) in [4.78, 5) is 12.3. The Bertz CT molecular complexity index is 492. The van der Waals surface area contributed by atoms with Gasteiger partial charge in [0.2, 0.25) is 0 Å². The summed E-state index contributed by atoms with van der Waals surface area (Å²) in [7, 11) is 0. The third-order valence-corrected chi connectivity index (χ3v) is 3.33. The molecule has 5 nitrogen and oxygen atoms in total. The summed E-state index contributed by atoms with van der Waals surface area (Å²) < 4.78 is 0.908. The maximum Gasteiger partial charge on any atom is 0.266 e. The van der Waals surface area contributed by atoms with Crippen LogP contribution in [0, 0.1) is 0 Å². The van der Waals surface area contributed by atoms with Gasteiger partial charge < -0.3 is 11.1 Å². The van der Waals surface area contributed by atoms with Gasteiger partial charge in [0.05, 0.1) is 20.5 Å². The highest BCUT2D eigenvalue weighted by molar-refractivity contribution is 9.11. The van der Waals surface area contributed by atoms with Gasteiger partial charge in [-0.15, -0.1) is 11.3 Å². The van der Waals surface area contributed by atoms with Crippen molar-refractivity contribution >= 4 is 44.7 Å². The van der Waals surface area contributed by atoms with Crippen LogP contribution in [0.5, 0.6) is 0 Å². The number of nitrogen functional groups attached to an aromatic ring is 1. The summed E-state index contributed by atoms with van der Waals surface area (Å²) in [5.74, 6) is 0.214. The first-order chi connectivity index (χ1) is 7.16. The fourth-order valence-electron chi connectivity index (χ4n) is 1.01. The number of amides is 1. The minimum absolute atomic E-state index is 0.207. The van der Waals surface area contributed by atoms with Crippen molar-refractivity contribution in [3.63, 3.8) is 0 Å². The van der Waals surface area contributed by atoms with Crippen molar-refractivity contribution in [3.05, 3.63) is 27.0 Å². The molecule has 2 rings (SSSR count). The largest absolute Gasteiger partial charge is 0.394 e. The van der Waals surface area contributed by atoms with Crippen molar-refractivity contribution in [2.24, 2.45) is 0 Å². The van der Waals surface area contributed by atoms with E-state index < -0.39 is 0 Å². The number of carbonyl (C=O) groups excluding carboxylic acids is 1. The number of hydrogen-bond acceptors (Lipinski definition) is 4. The first-order valence-corrected chi connectivity index (χ1v) is 5.63. The second-order valence-electron chi connectivity index (χ2n) is 2.76. The number of halogens is 1. The van der Waals surface area contributed by atoms with Crippen LogP contribution in [0.2, 0.25) is 0 Å². The number of H-pyrrole nitrogens is 1. The molecule has 0 aliphatic rings. The molecule has 0 fully saturated rings. The Morgan fingerprint density at radius 3 is 2.93 bits per heavy atom. The maximum atomic E-state index is 11.7. The van der Waals surface area contributed by atoms with E-state index in [0.717, 1.165) is 3.79 Å². The second-order valence-corrected chi connectivity index (χ2v) is 5.22. The number of nitrogens with one attached hydrogen (secondary N) is 2. The zero-order chi connectivity index (χ0) is 10.8. The molecule has 0 atom stereocenters. The molecule has 0 aliphatic carbocycles. The van der Waals surface area contributed by atoms with Gasteiger partial charge in [0.25, 0.3) is 5.91 Å². The van der Waals surface area contributed by atoms with Crippen LogP contribution in [0.3, 0.4) is 0 Å². The molecule has 2 heterocycles. The summed E-state index contributed by atoms with van der Waals surface area (Å²) in [5.41, 5.74) is 5.97. The molecule has 0 spiro atoms. The van der Waals surface area contributed by atoms with Gasteiger partial charge in [-0.2, -0.15) is 5.10 Å². The first-order valence-electron chi connectivity index (χ1n) is 4.02. The van der Waals surface area contributed by atoms with Gasteiger partial charge in [-0.25, -0.2) is 0 Å². The molecule has 4 N–H and O–H groups in total. The van der Waals surface area contributed by atoms with Gasteiger partial charge >= 0.3 is 0 Å². The Morgan fingerprint density at radius 2 is 2.40 bits per heavy atom. The van der Waals surface area contributed by atoms with Crippen LogP contribution in [-0.4, -0.2) is 16.1 Å². The number of carbonyl (C=O) groups is 1. The van der Waals surface area contributed by atoms with Crippen LogP contribution in [-0.2, 0) is 0 Å². The molecule has 0 unspecified atom stereocenters. The summed E-state index contributed by atoms with van der Waals surface area (Å²) in [6.07, 6.45) is 1.44. The highest BCUT2D eigenvalue weighted by Gasteiger charge is 2.10. The smallest absolute Gasteiger partial charge is 0.266 e. The number of hydrogen-bond donors (Lipinski definition) is 3. The Balaban J connectivity index is 2.14. The highest BCUT2D eigenvalue weighted by atomic mass is 79.9. The summed E-state index contributed by atoms with van der Waals surface area (Å²) in [5, 5.41) is 8.93. The minimum atomic E-state index is -0.207.